The Bertz CT molecular complexity index is 668. The number of sulfonamides is 1. The maximum absolute atomic E-state index is 12.8. The van der Waals surface area contributed by atoms with E-state index in [4.69, 9.17) is 11.6 Å². The number of nitrogens with zero attached hydrogens (tertiary/aromatic N) is 1. The maximum Gasteiger partial charge on any atom is 0.416 e. The summed E-state index contributed by atoms with van der Waals surface area (Å²) < 4.78 is 65.0. The van der Waals surface area contributed by atoms with E-state index in [1.807, 2.05) is 6.92 Å². The molecule has 2 unspecified atom stereocenters. The van der Waals surface area contributed by atoms with Crippen LogP contribution in [0.5, 0.6) is 0 Å². The molecule has 1 heterocycles. The van der Waals surface area contributed by atoms with Crippen molar-refractivity contribution in [2.24, 2.45) is 0 Å². The van der Waals surface area contributed by atoms with E-state index < -0.39 is 26.7 Å². The summed E-state index contributed by atoms with van der Waals surface area (Å²) in [5.41, 5.74) is -1.04. The Balaban J connectivity index is 0.00000264. The number of rotatable bonds is 2. The Hall–Kier alpha value is -0.540. The Morgan fingerprint density at radius 1 is 1.30 bits per heavy atom. The number of piperazine rings is 1. The van der Waals surface area contributed by atoms with Crippen LogP contribution in [0.4, 0.5) is 13.2 Å². The molecule has 10 heteroatoms. The van der Waals surface area contributed by atoms with E-state index in [9.17, 15) is 21.6 Å². The standard InChI is InChI=1S/C13H16ClF3N2O2S.ClH/c1-8-9(2)19(6-5-18-8)22(20,21)12-7-10(13(15,16)17)3-4-11(12)14;/h3-4,7-9,18H,5-6H2,1-2H3;1H. The number of alkyl halides is 3. The molecule has 4 nitrogen and oxygen atoms in total. The largest absolute Gasteiger partial charge is 0.416 e. The summed E-state index contributed by atoms with van der Waals surface area (Å²) in [4.78, 5) is -0.509. The normalized spacial score (nSPS) is 23.4. The van der Waals surface area contributed by atoms with Gasteiger partial charge in [0.1, 0.15) is 4.90 Å². The third-order valence-electron chi connectivity index (χ3n) is 3.82. The second-order valence-corrected chi connectivity index (χ2v) is 7.51. The van der Waals surface area contributed by atoms with E-state index in [1.165, 1.54) is 4.31 Å². The molecule has 1 aromatic rings. The predicted octanol–water partition coefficient (Wildman–Crippen LogP) is 3.15. The van der Waals surface area contributed by atoms with Crippen molar-refractivity contribution >= 4 is 34.0 Å². The van der Waals surface area contributed by atoms with Crippen LogP contribution >= 0.6 is 24.0 Å². The molecular formula is C13H17Cl2F3N2O2S. The van der Waals surface area contributed by atoms with Gasteiger partial charge in [0.15, 0.2) is 0 Å². The van der Waals surface area contributed by atoms with Gasteiger partial charge in [0.25, 0.3) is 0 Å². The molecule has 0 aromatic heterocycles. The van der Waals surface area contributed by atoms with Crippen molar-refractivity contribution in [2.45, 2.75) is 37.0 Å². The first-order chi connectivity index (χ1) is 10.0. The lowest BCUT2D eigenvalue weighted by Gasteiger charge is -2.37. The van der Waals surface area contributed by atoms with Crippen molar-refractivity contribution in [3.8, 4) is 0 Å². The van der Waals surface area contributed by atoms with Crippen LogP contribution in [-0.2, 0) is 16.2 Å². The Labute approximate surface area is 144 Å². The van der Waals surface area contributed by atoms with Gasteiger partial charge in [0.05, 0.1) is 10.6 Å². The fraction of sp³-hybridized carbons (Fsp3) is 0.538. The summed E-state index contributed by atoms with van der Waals surface area (Å²) in [6.07, 6.45) is -4.63. The maximum atomic E-state index is 12.8. The van der Waals surface area contributed by atoms with Gasteiger partial charge in [0, 0.05) is 25.2 Å². The van der Waals surface area contributed by atoms with Crippen LogP contribution in [-0.4, -0.2) is 37.9 Å². The van der Waals surface area contributed by atoms with E-state index in [1.54, 1.807) is 6.92 Å². The van der Waals surface area contributed by atoms with Crippen molar-refractivity contribution in [1.29, 1.82) is 0 Å². The number of benzene rings is 1. The third-order valence-corrected chi connectivity index (χ3v) is 6.29. The zero-order valence-electron chi connectivity index (χ0n) is 12.4. The Morgan fingerprint density at radius 3 is 2.48 bits per heavy atom. The zero-order valence-corrected chi connectivity index (χ0v) is 14.8. The second kappa shape index (κ2) is 7.14. The van der Waals surface area contributed by atoms with Crippen LogP contribution < -0.4 is 5.32 Å². The summed E-state index contributed by atoms with van der Waals surface area (Å²) in [5, 5.41) is 2.90. The molecule has 1 aromatic carbocycles. The molecule has 1 aliphatic heterocycles. The molecule has 0 bridgehead atoms. The van der Waals surface area contributed by atoms with E-state index in [2.05, 4.69) is 5.32 Å². The van der Waals surface area contributed by atoms with Gasteiger partial charge >= 0.3 is 6.18 Å². The van der Waals surface area contributed by atoms with Gasteiger partial charge < -0.3 is 5.32 Å². The highest BCUT2D eigenvalue weighted by Gasteiger charge is 2.38. The van der Waals surface area contributed by atoms with Crippen molar-refractivity contribution in [1.82, 2.24) is 9.62 Å². The number of hydrogen-bond donors (Lipinski definition) is 1. The monoisotopic (exact) mass is 392 g/mol. The molecule has 2 rings (SSSR count). The molecule has 0 radical (unpaired) electrons. The highest BCUT2D eigenvalue weighted by atomic mass is 35.5. The first kappa shape index (κ1) is 20.5. The fourth-order valence-electron chi connectivity index (χ4n) is 2.37. The molecule has 1 saturated heterocycles. The predicted molar refractivity (Wildman–Crippen MR) is 84.5 cm³/mol. The number of nitrogens with one attached hydrogen (secondary N) is 1. The molecule has 0 spiro atoms. The SMILES string of the molecule is CC1NCCN(S(=O)(=O)c2cc(C(F)(F)F)ccc2Cl)C1C.Cl. The minimum atomic E-state index is -4.63. The van der Waals surface area contributed by atoms with Crippen LogP contribution in [0.2, 0.25) is 5.02 Å². The van der Waals surface area contributed by atoms with Crippen molar-refractivity contribution in [3.63, 3.8) is 0 Å². The molecule has 1 aliphatic rings. The summed E-state index contributed by atoms with van der Waals surface area (Å²) in [6, 6.07) is 1.84. The van der Waals surface area contributed by atoms with Crippen LogP contribution in [0.15, 0.2) is 23.1 Å². The molecular weight excluding hydrogens is 376 g/mol. The van der Waals surface area contributed by atoms with Gasteiger partial charge in [-0.05, 0) is 32.0 Å². The minimum Gasteiger partial charge on any atom is -0.311 e. The molecule has 132 valence electrons. The second-order valence-electron chi connectivity index (χ2n) is 5.24. The topological polar surface area (TPSA) is 49.4 Å². The van der Waals surface area contributed by atoms with Gasteiger partial charge in [0.2, 0.25) is 10.0 Å². The number of halogens is 5. The quantitative estimate of drug-likeness (QED) is 0.840. The van der Waals surface area contributed by atoms with Gasteiger partial charge in [-0.15, -0.1) is 12.4 Å². The lowest BCUT2D eigenvalue weighted by molar-refractivity contribution is -0.137. The molecule has 0 saturated carbocycles. The Kier molecular flexibility index (Phi) is 6.37. The summed E-state index contributed by atoms with van der Waals surface area (Å²) in [5.74, 6) is 0. The Morgan fingerprint density at radius 2 is 1.91 bits per heavy atom. The highest BCUT2D eigenvalue weighted by molar-refractivity contribution is 7.89. The summed E-state index contributed by atoms with van der Waals surface area (Å²) in [7, 11) is -4.10. The molecule has 0 amide bonds. The molecule has 0 aliphatic carbocycles. The number of hydrogen-bond acceptors (Lipinski definition) is 3. The zero-order chi connectivity index (χ0) is 16.7. The van der Waals surface area contributed by atoms with Gasteiger partial charge in [-0.2, -0.15) is 17.5 Å². The first-order valence-electron chi connectivity index (χ1n) is 6.67. The van der Waals surface area contributed by atoms with E-state index in [-0.39, 0.29) is 36.1 Å². The van der Waals surface area contributed by atoms with Crippen LogP contribution in [0.1, 0.15) is 19.4 Å². The van der Waals surface area contributed by atoms with Crippen LogP contribution in [0.3, 0.4) is 0 Å². The van der Waals surface area contributed by atoms with Gasteiger partial charge in [-0.1, -0.05) is 11.6 Å². The average molecular weight is 393 g/mol. The van der Waals surface area contributed by atoms with Crippen molar-refractivity contribution < 1.29 is 21.6 Å². The van der Waals surface area contributed by atoms with Gasteiger partial charge in [-0.3, -0.25) is 0 Å². The lowest BCUT2D eigenvalue weighted by Crippen LogP contribution is -2.57. The van der Waals surface area contributed by atoms with E-state index in [0.29, 0.717) is 12.6 Å². The first-order valence-corrected chi connectivity index (χ1v) is 8.49. The minimum absolute atomic E-state index is 0. The highest BCUT2D eigenvalue weighted by Crippen LogP contribution is 2.35. The van der Waals surface area contributed by atoms with Crippen molar-refractivity contribution in [2.75, 3.05) is 13.1 Å². The van der Waals surface area contributed by atoms with Crippen molar-refractivity contribution in [3.05, 3.63) is 28.8 Å². The smallest absolute Gasteiger partial charge is 0.311 e. The lowest BCUT2D eigenvalue weighted by atomic mass is 10.1. The fourth-order valence-corrected chi connectivity index (χ4v) is 4.57. The van der Waals surface area contributed by atoms with E-state index in [0.717, 1.165) is 12.1 Å². The van der Waals surface area contributed by atoms with Crippen LogP contribution in [0.25, 0.3) is 0 Å². The molecule has 1 N–H and O–H groups in total. The van der Waals surface area contributed by atoms with Gasteiger partial charge in [-0.25, -0.2) is 8.42 Å². The summed E-state index contributed by atoms with van der Waals surface area (Å²) in [6.45, 7) is 4.14. The third kappa shape index (κ3) is 4.11. The molecule has 23 heavy (non-hydrogen) atoms. The average Bonchev–Trinajstić information content (AvgIpc) is 2.40. The van der Waals surface area contributed by atoms with Crippen LogP contribution in [0, 0.1) is 0 Å². The van der Waals surface area contributed by atoms with E-state index >= 15 is 0 Å². The molecule has 1 fully saturated rings. The summed E-state index contributed by atoms with van der Waals surface area (Å²) >= 11 is 5.85. The molecule has 2 atom stereocenters.